The zero-order valence-corrected chi connectivity index (χ0v) is 15.0. The van der Waals surface area contributed by atoms with Gasteiger partial charge < -0.3 is 10.6 Å². The van der Waals surface area contributed by atoms with Crippen molar-refractivity contribution in [3.8, 4) is 0 Å². The third-order valence-corrected chi connectivity index (χ3v) is 4.81. The predicted octanol–water partition coefficient (Wildman–Crippen LogP) is 3.44. The van der Waals surface area contributed by atoms with Crippen molar-refractivity contribution >= 4 is 11.8 Å². The predicted molar refractivity (Wildman–Crippen MR) is 96.3 cm³/mol. The Kier molecular flexibility index (Phi) is 6.83. The van der Waals surface area contributed by atoms with Crippen molar-refractivity contribution in [1.82, 2.24) is 10.6 Å². The topological polar surface area (TPSA) is 58.2 Å². The maximum absolute atomic E-state index is 12.5. The van der Waals surface area contributed by atoms with Gasteiger partial charge in [0.05, 0.1) is 6.04 Å². The van der Waals surface area contributed by atoms with Crippen molar-refractivity contribution in [2.75, 3.05) is 6.54 Å². The second kappa shape index (κ2) is 8.86. The lowest BCUT2D eigenvalue weighted by atomic mass is 9.81. The van der Waals surface area contributed by atoms with E-state index in [1.807, 2.05) is 37.3 Å². The van der Waals surface area contributed by atoms with Crippen molar-refractivity contribution in [3.05, 3.63) is 35.9 Å². The number of rotatable bonds is 6. The summed E-state index contributed by atoms with van der Waals surface area (Å²) in [5, 5.41) is 6.12. The second-order valence-electron chi connectivity index (χ2n) is 7.33. The number of carbonyl (C=O) groups excluding carboxylic acids is 2. The normalized spacial score (nSPS) is 22.0. The molecule has 132 valence electrons. The summed E-state index contributed by atoms with van der Waals surface area (Å²) in [5.74, 6) is 0.841. The number of carbonyl (C=O) groups is 2. The quantitative estimate of drug-likeness (QED) is 0.839. The minimum absolute atomic E-state index is 0.0192. The van der Waals surface area contributed by atoms with Crippen LogP contribution in [-0.2, 0) is 9.59 Å². The molecule has 1 aliphatic rings. The van der Waals surface area contributed by atoms with Gasteiger partial charge in [-0.3, -0.25) is 9.59 Å². The van der Waals surface area contributed by atoms with Crippen LogP contribution in [0.5, 0.6) is 0 Å². The zero-order chi connectivity index (χ0) is 17.5. The summed E-state index contributed by atoms with van der Waals surface area (Å²) < 4.78 is 0. The average Bonchev–Trinajstić information content (AvgIpc) is 2.60. The van der Waals surface area contributed by atoms with E-state index in [1.54, 1.807) is 0 Å². The van der Waals surface area contributed by atoms with E-state index >= 15 is 0 Å². The first-order chi connectivity index (χ1) is 11.5. The van der Waals surface area contributed by atoms with Gasteiger partial charge in [-0.1, -0.05) is 44.2 Å². The highest BCUT2D eigenvalue weighted by molar-refractivity contribution is 5.81. The molecule has 24 heavy (non-hydrogen) atoms. The highest BCUT2D eigenvalue weighted by Gasteiger charge is 2.30. The summed E-state index contributed by atoms with van der Waals surface area (Å²) in [6.45, 7) is 6.93. The molecule has 0 heterocycles. The zero-order valence-electron chi connectivity index (χ0n) is 15.0. The van der Waals surface area contributed by atoms with Crippen molar-refractivity contribution in [2.24, 2.45) is 17.8 Å². The first-order valence-corrected chi connectivity index (χ1v) is 9.10. The fourth-order valence-corrected chi connectivity index (χ4v) is 3.22. The summed E-state index contributed by atoms with van der Waals surface area (Å²) in [4.78, 5) is 24.6. The fraction of sp³-hybridized carbons (Fsp3) is 0.600. The number of nitrogens with one attached hydrogen (secondary N) is 2. The van der Waals surface area contributed by atoms with Crippen LogP contribution < -0.4 is 10.6 Å². The van der Waals surface area contributed by atoms with Gasteiger partial charge in [-0.15, -0.1) is 0 Å². The van der Waals surface area contributed by atoms with Crippen molar-refractivity contribution in [3.63, 3.8) is 0 Å². The Labute approximate surface area is 145 Å². The van der Waals surface area contributed by atoms with Crippen LogP contribution in [-0.4, -0.2) is 18.4 Å². The second-order valence-corrected chi connectivity index (χ2v) is 7.33. The Morgan fingerprint density at radius 3 is 2.04 bits per heavy atom. The molecule has 0 saturated heterocycles. The maximum atomic E-state index is 12.5. The molecule has 1 saturated carbocycles. The third kappa shape index (κ3) is 5.36. The van der Waals surface area contributed by atoms with Crippen molar-refractivity contribution < 1.29 is 9.59 Å². The Morgan fingerprint density at radius 2 is 1.50 bits per heavy atom. The molecule has 1 aliphatic carbocycles. The van der Waals surface area contributed by atoms with Crippen LogP contribution in [0.2, 0.25) is 0 Å². The summed E-state index contributed by atoms with van der Waals surface area (Å²) in [6, 6.07) is 10.0. The minimum atomic E-state index is 0.0192. The van der Waals surface area contributed by atoms with Crippen molar-refractivity contribution in [1.29, 1.82) is 0 Å². The first-order valence-electron chi connectivity index (χ1n) is 9.10. The Bertz CT molecular complexity index is 534. The number of hydrogen-bond donors (Lipinski definition) is 2. The molecule has 1 aromatic rings. The van der Waals surface area contributed by atoms with Crippen LogP contribution in [0.25, 0.3) is 0 Å². The van der Waals surface area contributed by atoms with Gasteiger partial charge in [0.2, 0.25) is 11.8 Å². The smallest absolute Gasteiger partial charge is 0.223 e. The molecule has 0 spiro atoms. The summed E-state index contributed by atoms with van der Waals surface area (Å²) >= 11 is 0. The van der Waals surface area contributed by atoms with Gasteiger partial charge in [-0.25, -0.2) is 0 Å². The average molecular weight is 330 g/mol. The molecule has 0 bridgehead atoms. The van der Waals surface area contributed by atoms with Gasteiger partial charge in [0.1, 0.15) is 0 Å². The van der Waals surface area contributed by atoms with E-state index in [4.69, 9.17) is 0 Å². The molecule has 4 nitrogen and oxygen atoms in total. The summed E-state index contributed by atoms with van der Waals surface area (Å²) in [5.41, 5.74) is 1.12. The fourth-order valence-electron chi connectivity index (χ4n) is 3.22. The van der Waals surface area contributed by atoms with Crippen LogP contribution >= 0.6 is 0 Å². The highest BCUT2D eigenvalue weighted by atomic mass is 16.2. The molecule has 0 aliphatic heterocycles. The van der Waals surface area contributed by atoms with Crippen LogP contribution in [0, 0.1) is 17.8 Å². The molecule has 1 atom stereocenters. The van der Waals surface area contributed by atoms with Crippen LogP contribution in [0.1, 0.15) is 58.1 Å². The molecule has 2 rings (SSSR count). The van der Waals surface area contributed by atoms with Crippen LogP contribution in [0.4, 0.5) is 0 Å². The maximum Gasteiger partial charge on any atom is 0.223 e. The van der Waals surface area contributed by atoms with Gasteiger partial charge in [0.15, 0.2) is 0 Å². The molecule has 4 heteroatoms. The van der Waals surface area contributed by atoms with E-state index < -0.39 is 0 Å². The molecule has 2 N–H and O–H groups in total. The number of benzene rings is 1. The molecule has 2 amide bonds. The van der Waals surface area contributed by atoms with Gasteiger partial charge in [-0.2, -0.15) is 0 Å². The van der Waals surface area contributed by atoms with E-state index in [-0.39, 0.29) is 29.7 Å². The van der Waals surface area contributed by atoms with Crippen LogP contribution in [0.15, 0.2) is 30.3 Å². The van der Waals surface area contributed by atoms with Gasteiger partial charge in [0, 0.05) is 18.4 Å². The molecule has 0 radical (unpaired) electrons. The Morgan fingerprint density at radius 1 is 0.958 bits per heavy atom. The first kappa shape index (κ1) is 18.5. The summed E-state index contributed by atoms with van der Waals surface area (Å²) in [6.07, 6.45) is 3.21. The Balaban J connectivity index is 1.77. The van der Waals surface area contributed by atoms with Crippen molar-refractivity contribution in [2.45, 2.75) is 52.5 Å². The summed E-state index contributed by atoms with van der Waals surface area (Å²) in [7, 11) is 0. The van der Waals surface area contributed by atoms with E-state index in [9.17, 15) is 9.59 Å². The van der Waals surface area contributed by atoms with E-state index in [2.05, 4.69) is 24.5 Å². The van der Waals surface area contributed by atoms with E-state index in [0.29, 0.717) is 5.92 Å². The molecule has 1 aromatic carbocycles. The lowest BCUT2D eigenvalue weighted by Gasteiger charge is -2.28. The molecular formula is C20H30N2O2. The monoisotopic (exact) mass is 330 g/mol. The van der Waals surface area contributed by atoms with E-state index in [0.717, 1.165) is 37.8 Å². The molecule has 1 unspecified atom stereocenters. The van der Waals surface area contributed by atoms with Gasteiger partial charge in [-0.05, 0) is 44.1 Å². The van der Waals surface area contributed by atoms with E-state index in [1.165, 1.54) is 0 Å². The number of amides is 2. The van der Waals surface area contributed by atoms with Gasteiger partial charge >= 0.3 is 0 Å². The molecule has 0 aromatic heterocycles. The lowest BCUT2D eigenvalue weighted by Crippen LogP contribution is -2.39. The number of hydrogen-bond acceptors (Lipinski definition) is 2. The Hall–Kier alpha value is -1.84. The largest absolute Gasteiger partial charge is 0.356 e. The molecular weight excluding hydrogens is 300 g/mol. The van der Waals surface area contributed by atoms with Crippen LogP contribution in [0.3, 0.4) is 0 Å². The third-order valence-electron chi connectivity index (χ3n) is 4.81. The minimum Gasteiger partial charge on any atom is -0.356 e. The SMILES string of the molecule is CC(C)CNC(=O)C1CCC(C(=O)NC(C)c2ccccc2)CC1. The molecule has 1 fully saturated rings. The highest BCUT2D eigenvalue weighted by Crippen LogP contribution is 2.29. The standard InChI is InChI=1S/C20H30N2O2/c1-14(2)13-21-19(23)17-9-11-18(12-10-17)20(24)22-15(3)16-7-5-4-6-8-16/h4-8,14-15,17-18H,9-13H2,1-3H3,(H,21,23)(H,22,24). The lowest BCUT2D eigenvalue weighted by molar-refractivity contribution is -0.131. The van der Waals surface area contributed by atoms with Gasteiger partial charge in [0.25, 0.3) is 0 Å².